The average molecular weight is 637 g/mol. The lowest BCUT2D eigenvalue weighted by Gasteiger charge is -2.29. The number of likely N-dealkylation sites (N-methyl/N-ethyl adjacent to an activating group) is 1. The molecule has 248 valence electrons. The Balaban J connectivity index is 1.12. The fourth-order valence-corrected chi connectivity index (χ4v) is 7.02. The number of nitrogens with two attached hydrogens (primary N) is 1. The van der Waals surface area contributed by atoms with Gasteiger partial charge in [-0.1, -0.05) is 76.2 Å². The molecule has 6 rings (SSSR count). The Labute approximate surface area is 277 Å². The molecule has 10 nitrogen and oxygen atoms in total. The van der Waals surface area contributed by atoms with E-state index in [9.17, 15) is 9.59 Å². The highest BCUT2D eigenvalue weighted by molar-refractivity contribution is 5.83. The summed E-state index contributed by atoms with van der Waals surface area (Å²) in [5, 5.41) is 3.19. The number of nitrogens with zero attached hydrogens (tertiary/aromatic N) is 4. The summed E-state index contributed by atoms with van der Waals surface area (Å²) in [6, 6.07) is 16.1. The Bertz CT molecular complexity index is 1670. The minimum Gasteiger partial charge on any atom is -0.340 e. The number of hydrogen-bond donors (Lipinski definition) is 4. The van der Waals surface area contributed by atoms with E-state index in [2.05, 4.69) is 82.6 Å². The van der Waals surface area contributed by atoms with E-state index in [-0.39, 0.29) is 41.8 Å². The van der Waals surface area contributed by atoms with Gasteiger partial charge in [0.2, 0.25) is 11.8 Å². The normalized spacial score (nSPS) is 19.6. The van der Waals surface area contributed by atoms with Crippen molar-refractivity contribution in [3.63, 3.8) is 0 Å². The maximum Gasteiger partial charge on any atom is 0.240 e. The zero-order valence-corrected chi connectivity index (χ0v) is 28.2. The van der Waals surface area contributed by atoms with Crippen LogP contribution in [0.4, 0.5) is 0 Å². The van der Waals surface area contributed by atoms with Crippen molar-refractivity contribution in [2.24, 2.45) is 17.6 Å². The van der Waals surface area contributed by atoms with Gasteiger partial charge in [-0.2, -0.15) is 0 Å². The first-order valence-corrected chi connectivity index (χ1v) is 17.0. The van der Waals surface area contributed by atoms with Gasteiger partial charge in [-0.05, 0) is 66.8 Å². The van der Waals surface area contributed by atoms with Crippen LogP contribution in [0.15, 0.2) is 60.9 Å². The third-order valence-corrected chi connectivity index (χ3v) is 9.87. The summed E-state index contributed by atoms with van der Waals surface area (Å²) < 4.78 is 0. The molecule has 2 saturated heterocycles. The second-order valence-corrected chi connectivity index (χ2v) is 13.7. The molecule has 2 unspecified atom stereocenters. The SMILES string of the molecule is CNC(C(=O)N1CCC[C@H]1c1ncc(-c2ccc(-c3ccc(-c4cnc([C@@H]5CCCN5C(=O)C(N)C(C)C)[nH]4)cc3)cc2)[nH]1)C(C)C. The van der Waals surface area contributed by atoms with Crippen molar-refractivity contribution in [1.82, 2.24) is 35.1 Å². The molecule has 5 N–H and O–H groups in total. The monoisotopic (exact) mass is 636 g/mol. The predicted molar refractivity (Wildman–Crippen MR) is 185 cm³/mol. The number of amides is 2. The van der Waals surface area contributed by atoms with E-state index in [1.807, 2.05) is 43.1 Å². The van der Waals surface area contributed by atoms with Crippen LogP contribution in [0.25, 0.3) is 33.6 Å². The van der Waals surface area contributed by atoms with E-state index in [0.717, 1.165) is 77.5 Å². The van der Waals surface area contributed by atoms with Crippen LogP contribution in [0, 0.1) is 11.8 Å². The first kappa shape index (κ1) is 32.7. The highest BCUT2D eigenvalue weighted by atomic mass is 16.2. The Kier molecular flexibility index (Phi) is 9.61. The lowest BCUT2D eigenvalue weighted by atomic mass is 10.0. The fourth-order valence-electron chi connectivity index (χ4n) is 7.02. The second-order valence-electron chi connectivity index (χ2n) is 13.7. The molecular formula is C37H48N8O2. The zero-order chi connectivity index (χ0) is 33.2. The number of aromatic nitrogens is 4. The van der Waals surface area contributed by atoms with Crippen LogP contribution >= 0.6 is 0 Å². The summed E-state index contributed by atoms with van der Waals surface area (Å²) in [6.07, 6.45) is 7.44. The molecule has 0 saturated carbocycles. The van der Waals surface area contributed by atoms with E-state index < -0.39 is 6.04 Å². The highest BCUT2D eigenvalue weighted by Crippen LogP contribution is 2.35. The van der Waals surface area contributed by atoms with Crippen LogP contribution in [-0.2, 0) is 9.59 Å². The molecule has 0 bridgehead atoms. The smallest absolute Gasteiger partial charge is 0.240 e. The number of rotatable bonds is 10. The summed E-state index contributed by atoms with van der Waals surface area (Å²) in [7, 11) is 1.85. The quantitative estimate of drug-likeness (QED) is 0.177. The molecule has 2 aliphatic heterocycles. The van der Waals surface area contributed by atoms with Gasteiger partial charge in [0.25, 0.3) is 0 Å². The summed E-state index contributed by atoms with van der Waals surface area (Å²) in [4.78, 5) is 46.5. The number of hydrogen-bond acceptors (Lipinski definition) is 6. The number of aromatic amines is 2. The Morgan fingerprint density at radius 2 is 1.15 bits per heavy atom. The number of imidazole rings is 2. The number of carbonyl (C=O) groups excluding carboxylic acids is 2. The number of carbonyl (C=O) groups is 2. The van der Waals surface area contributed by atoms with Crippen molar-refractivity contribution in [2.75, 3.05) is 20.1 Å². The molecular weight excluding hydrogens is 588 g/mol. The van der Waals surface area contributed by atoms with Crippen molar-refractivity contribution in [1.29, 1.82) is 0 Å². The standard InChI is InChI=1S/C37H48N8O2/c1-22(2)32(38)36(46)44-18-6-8-30(44)34-40-20-28(42-34)26-14-10-24(11-15-26)25-12-16-27(17-13-25)29-21-41-35(43-29)31-9-7-19-45(31)37(47)33(39-5)23(3)4/h10-17,20-23,30-33,39H,6-9,18-19,38H2,1-5H3,(H,40,42)(H,41,43)/t30-,31-,32?,33?/m0/s1. The van der Waals surface area contributed by atoms with Crippen molar-refractivity contribution >= 4 is 11.8 Å². The van der Waals surface area contributed by atoms with Crippen LogP contribution in [-0.4, -0.2) is 73.8 Å². The molecule has 0 aliphatic carbocycles. The minimum absolute atomic E-state index is 0.000654. The van der Waals surface area contributed by atoms with Crippen molar-refractivity contribution in [2.45, 2.75) is 77.5 Å². The minimum atomic E-state index is -0.496. The third kappa shape index (κ3) is 6.62. The molecule has 0 spiro atoms. The van der Waals surface area contributed by atoms with Gasteiger partial charge < -0.3 is 30.8 Å². The van der Waals surface area contributed by atoms with Crippen molar-refractivity contribution in [3.05, 3.63) is 72.6 Å². The molecule has 2 aromatic carbocycles. The molecule has 2 aromatic heterocycles. The van der Waals surface area contributed by atoms with Crippen molar-refractivity contribution < 1.29 is 9.59 Å². The Hall–Kier alpha value is -4.28. The summed E-state index contributed by atoms with van der Waals surface area (Å²) >= 11 is 0. The van der Waals surface area contributed by atoms with Crippen LogP contribution in [0.3, 0.4) is 0 Å². The van der Waals surface area contributed by atoms with Gasteiger partial charge in [-0.3, -0.25) is 9.59 Å². The van der Waals surface area contributed by atoms with E-state index in [4.69, 9.17) is 10.7 Å². The average Bonchev–Trinajstić information content (AvgIpc) is 3.90. The molecule has 4 heterocycles. The summed E-state index contributed by atoms with van der Waals surface area (Å²) in [5.74, 6) is 2.11. The van der Waals surface area contributed by atoms with Gasteiger partial charge in [0.05, 0.1) is 47.9 Å². The van der Waals surface area contributed by atoms with E-state index in [0.29, 0.717) is 6.54 Å². The van der Waals surface area contributed by atoms with Gasteiger partial charge in [0.1, 0.15) is 11.6 Å². The molecule has 10 heteroatoms. The summed E-state index contributed by atoms with van der Waals surface area (Å²) in [5.41, 5.74) is 12.4. The van der Waals surface area contributed by atoms with Gasteiger partial charge in [-0.15, -0.1) is 0 Å². The van der Waals surface area contributed by atoms with Crippen LogP contribution in [0.2, 0.25) is 0 Å². The predicted octanol–water partition coefficient (Wildman–Crippen LogP) is 5.69. The highest BCUT2D eigenvalue weighted by Gasteiger charge is 2.37. The van der Waals surface area contributed by atoms with Crippen LogP contribution in [0.5, 0.6) is 0 Å². The largest absolute Gasteiger partial charge is 0.340 e. The Morgan fingerprint density at radius 1 is 0.723 bits per heavy atom. The first-order valence-electron chi connectivity index (χ1n) is 17.0. The maximum absolute atomic E-state index is 13.3. The van der Waals surface area contributed by atoms with Crippen LogP contribution in [0.1, 0.15) is 77.1 Å². The van der Waals surface area contributed by atoms with E-state index >= 15 is 0 Å². The van der Waals surface area contributed by atoms with Gasteiger partial charge in [0, 0.05) is 13.1 Å². The van der Waals surface area contributed by atoms with Gasteiger partial charge in [-0.25, -0.2) is 9.97 Å². The van der Waals surface area contributed by atoms with E-state index in [1.165, 1.54) is 0 Å². The van der Waals surface area contributed by atoms with E-state index in [1.54, 1.807) is 0 Å². The molecule has 4 aromatic rings. The fraction of sp³-hybridized carbons (Fsp3) is 0.459. The number of likely N-dealkylation sites (tertiary alicyclic amines) is 2. The molecule has 4 atom stereocenters. The Morgan fingerprint density at radius 3 is 1.55 bits per heavy atom. The zero-order valence-electron chi connectivity index (χ0n) is 28.2. The third-order valence-electron chi connectivity index (χ3n) is 9.87. The van der Waals surface area contributed by atoms with Gasteiger partial charge >= 0.3 is 0 Å². The maximum atomic E-state index is 13.3. The topological polar surface area (TPSA) is 136 Å². The van der Waals surface area contributed by atoms with Gasteiger partial charge in [0.15, 0.2) is 0 Å². The lowest BCUT2D eigenvalue weighted by Crippen LogP contribution is -2.47. The number of nitrogens with one attached hydrogen (secondary N) is 3. The second kappa shape index (κ2) is 13.8. The van der Waals surface area contributed by atoms with Crippen molar-refractivity contribution in [3.8, 4) is 33.6 Å². The number of benzene rings is 2. The number of H-pyrrole nitrogens is 2. The van der Waals surface area contributed by atoms with Crippen LogP contribution < -0.4 is 11.1 Å². The molecule has 2 aliphatic rings. The molecule has 0 radical (unpaired) electrons. The lowest BCUT2D eigenvalue weighted by molar-refractivity contribution is -0.136. The molecule has 47 heavy (non-hydrogen) atoms. The summed E-state index contributed by atoms with van der Waals surface area (Å²) in [6.45, 7) is 9.58. The first-order chi connectivity index (χ1) is 22.7. The molecule has 2 fully saturated rings. The molecule has 2 amide bonds.